The van der Waals surface area contributed by atoms with Crippen LogP contribution in [-0.2, 0) is 29.0 Å². The molecule has 2 aliphatic rings. The lowest BCUT2D eigenvalue weighted by Crippen LogP contribution is -2.38. The Morgan fingerprint density at radius 3 is 3.03 bits per heavy atom. The van der Waals surface area contributed by atoms with Crippen molar-refractivity contribution in [1.29, 1.82) is 0 Å². The second-order valence-electron chi connectivity index (χ2n) is 7.64. The fourth-order valence-electron chi connectivity index (χ4n) is 3.72. The van der Waals surface area contributed by atoms with Gasteiger partial charge in [-0.25, -0.2) is 9.48 Å². The summed E-state index contributed by atoms with van der Waals surface area (Å²) in [5.74, 6) is 1.74. The Bertz CT molecular complexity index is 693. The van der Waals surface area contributed by atoms with Crippen molar-refractivity contribution in [3.05, 3.63) is 16.3 Å². The Balaban J connectivity index is 1.32. The van der Waals surface area contributed by atoms with Gasteiger partial charge in [-0.2, -0.15) is 5.10 Å². The van der Waals surface area contributed by atoms with Crippen LogP contribution >= 0.6 is 0 Å². The normalized spacial score (nSPS) is 19.3. The van der Waals surface area contributed by atoms with E-state index in [9.17, 15) is 4.79 Å². The van der Waals surface area contributed by atoms with Crippen molar-refractivity contribution in [2.75, 3.05) is 39.5 Å². The number of hydrogen-bond acceptors (Lipinski definition) is 5. The third kappa shape index (κ3) is 6.85. The van der Waals surface area contributed by atoms with Gasteiger partial charge in [-0.15, -0.1) is 0 Å². The van der Waals surface area contributed by atoms with Crippen LogP contribution in [0, 0.1) is 0 Å². The van der Waals surface area contributed by atoms with Gasteiger partial charge in [-0.1, -0.05) is 0 Å². The molecule has 0 saturated carbocycles. The van der Waals surface area contributed by atoms with E-state index in [1.807, 2.05) is 4.57 Å². The molecule has 9 heteroatoms. The first-order chi connectivity index (χ1) is 14.3. The summed E-state index contributed by atoms with van der Waals surface area (Å²) in [6, 6.07) is 0. The van der Waals surface area contributed by atoms with Gasteiger partial charge in [-0.05, 0) is 45.4 Å². The molecule has 1 saturated heterocycles. The molecule has 0 aliphatic carbocycles. The summed E-state index contributed by atoms with van der Waals surface area (Å²) in [5, 5.41) is 11.1. The highest BCUT2D eigenvalue weighted by Crippen LogP contribution is 2.12. The lowest BCUT2D eigenvalue weighted by atomic mass is 10.2. The number of hydrogen-bond donors (Lipinski definition) is 2. The van der Waals surface area contributed by atoms with Gasteiger partial charge in [0.1, 0.15) is 5.82 Å². The van der Waals surface area contributed by atoms with Crippen molar-refractivity contribution in [1.82, 2.24) is 25.0 Å². The molecule has 0 radical (unpaired) electrons. The molecule has 0 amide bonds. The average molecular weight is 409 g/mol. The predicted octanol–water partition coefficient (Wildman–Crippen LogP) is 0.912. The summed E-state index contributed by atoms with van der Waals surface area (Å²) in [6.07, 6.45) is 7.36. The number of aryl methyl sites for hydroxylation is 2. The van der Waals surface area contributed by atoms with Gasteiger partial charge in [0.15, 0.2) is 5.96 Å². The SMILES string of the molecule is CCNC(=NCCCn1nc2n(c1=O)CCCC2)NCCCOCC1CCCO1. The van der Waals surface area contributed by atoms with Crippen LogP contribution in [0.2, 0.25) is 0 Å². The lowest BCUT2D eigenvalue weighted by Gasteiger charge is -2.12. The molecule has 0 spiro atoms. The number of fused-ring (bicyclic) bond motifs is 1. The Kier molecular flexibility index (Phi) is 9.01. The van der Waals surface area contributed by atoms with E-state index in [-0.39, 0.29) is 11.8 Å². The van der Waals surface area contributed by atoms with Crippen LogP contribution in [0.5, 0.6) is 0 Å². The maximum atomic E-state index is 12.3. The molecule has 164 valence electrons. The molecule has 1 aromatic heterocycles. The minimum Gasteiger partial charge on any atom is -0.379 e. The Morgan fingerprint density at radius 1 is 1.31 bits per heavy atom. The monoisotopic (exact) mass is 408 g/mol. The molecule has 9 nitrogen and oxygen atoms in total. The fourth-order valence-corrected chi connectivity index (χ4v) is 3.72. The van der Waals surface area contributed by atoms with Gasteiger partial charge in [-0.3, -0.25) is 9.56 Å². The van der Waals surface area contributed by atoms with Crippen LogP contribution in [0.25, 0.3) is 0 Å². The van der Waals surface area contributed by atoms with E-state index in [0.717, 1.165) is 89.6 Å². The Labute approximate surface area is 172 Å². The number of rotatable bonds is 11. The quantitative estimate of drug-likeness (QED) is 0.321. The summed E-state index contributed by atoms with van der Waals surface area (Å²) in [7, 11) is 0. The molecule has 1 atom stereocenters. The molecule has 29 heavy (non-hydrogen) atoms. The highest BCUT2D eigenvalue weighted by Gasteiger charge is 2.16. The van der Waals surface area contributed by atoms with Crippen molar-refractivity contribution in [3.63, 3.8) is 0 Å². The third-order valence-electron chi connectivity index (χ3n) is 5.26. The van der Waals surface area contributed by atoms with E-state index in [4.69, 9.17) is 9.47 Å². The minimum atomic E-state index is 0.0247. The maximum absolute atomic E-state index is 12.3. The van der Waals surface area contributed by atoms with Crippen LogP contribution in [0.1, 0.15) is 51.3 Å². The fraction of sp³-hybridized carbons (Fsp3) is 0.850. The first-order valence-corrected chi connectivity index (χ1v) is 11.2. The van der Waals surface area contributed by atoms with E-state index in [1.54, 1.807) is 4.68 Å². The van der Waals surface area contributed by atoms with Gasteiger partial charge in [0.2, 0.25) is 0 Å². The topological polar surface area (TPSA) is 94.7 Å². The number of nitrogens with one attached hydrogen (secondary N) is 2. The zero-order valence-electron chi connectivity index (χ0n) is 17.7. The highest BCUT2D eigenvalue weighted by molar-refractivity contribution is 5.79. The molecule has 0 bridgehead atoms. The number of aromatic nitrogens is 3. The molecule has 1 fully saturated rings. The van der Waals surface area contributed by atoms with Crippen LogP contribution in [-0.4, -0.2) is 65.9 Å². The molecule has 3 rings (SSSR count). The first kappa shape index (κ1) is 21.8. The van der Waals surface area contributed by atoms with E-state index in [2.05, 4.69) is 27.6 Å². The number of ether oxygens (including phenoxy) is 2. The second kappa shape index (κ2) is 12.0. The van der Waals surface area contributed by atoms with Crippen molar-refractivity contribution in [2.24, 2.45) is 4.99 Å². The standard InChI is InChI=1S/C20H36N6O3/c1-2-21-19(23-11-7-14-28-16-17-8-5-15-29-17)22-10-6-13-26-20(27)25-12-4-3-9-18(25)24-26/h17H,2-16H2,1H3,(H2,21,22,23). The van der Waals surface area contributed by atoms with Crippen LogP contribution in [0.15, 0.2) is 9.79 Å². The molecular formula is C20H36N6O3. The van der Waals surface area contributed by atoms with Gasteiger partial charge < -0.3 is 20.1 Å². The van der Waals surface area contributed by atoms with Crippen molar-refractivity contribution < 1.29 is 9.47 Å². The van der Waals surface area contributed by atoms with E-state index in [0.29, 0.717) is 19.7 Å². The Morgan fingerprint density at radius 2 is 2.24 bits per heavy atom. The zero-order valence-corrected chi connectivity index (χ0v) is 17.7. The zero-order chi connectivity index (χ0) is 20.3. The number of aliphatic imine (C=N–C) groups is 1. The van der Waals surface area contributed by atoms with Crippen molar-refractivity contribution in [2.45, 2.75) is 71.1 Å². The third-order valence-corrected chi connectivity index (χ3v) is 5.26. The number of nitrogens with zero attached hydrogens (tertiary/aromatic N) is 4. The van der Waals surface area contributed by atoms with Crippen LogP contribution in [0.4, 0.5) is 0 Å². The molecule has 1 unspecified atom stereocenters. The summed E-state index contributed by atoms with van der Waals surface area (Å²) in [4.78, 5) is 16.9. The largest absolute Gasteiger partial charge is 0.379 e. The summed E-state index contributed by atoms with van der Waals surface area (Å²) in [6.45, 7) is 8.04. The Hall–Kier alpha value is -1.87. The first-order valence-electron chi connectivity index (χ1n) is 11.2. The molecule has 2 N–H and O–H groups in total. The van der Waals surface area contributed by atoms with Crippen LogP contribution in [0.3, 0.4) is 0 Å². The summed E-state index contributed by atoms with van der Waals surface area (Å²) in [5.41, 5.74) is 0.0247. The van der Waals surface area contributed by atoms with Gasteiger partial charge in [0.05, 0.1) is 12.7 Å². The summed E-state index contributed by atoms with van der Waals surface area (Å²) < 4.78 is 14.7. The van der Waals surface area contributed by atoms with Gasteiger partial charge in [0.25, 0.3) is 0 Å². The van der Waals surface area contributed by atoms with Crippen LogP contribution < -0.4 is 16.3 Å². The van der Waals surface area contributed by atoms with Crippen molar-refractivity contribution in [3.8, 4) is 0 Å². The highest BCUT2D eigenvalue weighted by atomic mass is 16.5. The number of guanidine groups is 1. The van der Waals surface area contributed by atoms with Crippen molar-refractivity contribution >= 4 is 5.96 Å². The van der Waals surface area contributed by atoms with E-state index in [1.165, 1.54) is 0 Å². The van der Waals surface area contributed by atoms with Gasteiger partial charge >= 0.3 is 5.69 Å². The molecule has 3 heterocycles. The maximum Gasteiger partial charge on any atom is 0.345 e. The smallest absolute Gasteiger partial charge is 0.345 e. The predicted molar refractivity (Wildman–Crippen MR) is 112 cm³/mol. The van der Waals surface area contributed by atoms with E-state index < -0.39 is 0 Å². The second-order valence-corrected chi connectivity index (χ2v) is 7.64. The molecule has 0 aromatic carbocycles. The molecule has 1 aromatic rings. The molecular weight excluding hydrogens is 372 g/mol. The molecule has 2 aliphatic heterocycles. The van der Waals surface area contributed by atoms with E-state index >= 15 is 0 Å². The average Bonchev–Trinajstić information content (AvgIpc) is 3.36. The summed E-state index contributed by atoms with van der Waals surface area (Å²) >= 11 is 0. The minimum absolute atomic E-state index is 0.0247. The lowest BCUT2D eigenvalue weighted by molar-refractivity contribution is 0.0168. The van der Waals surface area contributed by atoms with Gasteiger partial charge in [0, 0.05) is 52.4 Å².